The first-order valence-corrected chi connectivity index (χ1v) is 4.73. The summed E-state index contributed by atoms with van der Waals surface area (Å²) in [6.07, 6.45) is 3.56. The Balaban J connectivity index is 3.20. The molecule has 0 saturated heterocycles. The molecule has 1 rings (SSSR count). The number of aromatic nitrogens is 2. The van der Waals surface area contributed by atoms with Crippen LogP contribution >= 0.6 is 0 Å². The van der Waals surface area contributed by atoms with Gasteiger partial charge in [-0.2, -0.15) is 0 Å². The monoisotopic (exact) mass is 178 g/mol. The molecule has 0 atom stereocenters. The largest absolute Gasteiger partial charge is 0.245 e. The average molecular weight is 178 g/mol. The van der Waals surface area contributed by atoms with E-state index in [1.54, 1.807) is 6.33 Å². The first-order chi connectivity index (χ1) is 5.93. The second kappa shape index (κ2) is 3.44. The van der Waals surface area contributed by atoms with E-state index in [0.717, 1.165) is 5.69 Å². The summed E-state index contributed by atoms with van der Waals surface area (Å²) in [5, 5.41) is 0. The van der Waals surface area contributed by atoms with Gasteiger partial charge in [-0.3, -0.25) is 0 Å². The van der Waals surface area contributed by atoms with Crippen LogP contribution in [0.4, 0.5) is 0 Å². The Morgan fingerprint density at radius 1 is 1.23 bits per heavy atom. The van der Waals surface area contributed by atoms with Crippen LogP contribution in [0.3, 0.4) is 0 Å². The average Bonchev–Trinajstić information content (AvgIpc) is 2.03. The summed E-state index contributed by atoms with van der Waals surface area (Å²) in [5.74, 6) is 0.496. The van der Waals surface area contributed by atoms with Crippen molar-refractivity contribution in [1.82, 2.24) is 9.97 Å². The molecular weight excluding hydrogens is 160 g/mol. The third-order valence-electron chi connectivity index (χ3n) is 2.07. The molecule has 72 valence electrons. The summed E-state index contributed by atoms with van der Waals surface area (Å²) >= 11 is 0. The Labute approximate surface area is 80.4 Å². The van der Waals surface area contributed by atoms with Crippen LogP contribution in [0.1, 0.15) is 51.8 Å². The van der Waals surface area contributed by atoms with Crippen molar-refractivity contribution in [2.75, 3.05) is 0 Å². The molecule has 0 saturated carbocycles. The molecule has 0 aliphatic rings. The topological polar surface area (TPSA) is 25.8 Å². The lowest BCUT2D eigenvalue weighted by atomic mass is 9.86. The summed E-state index contributed by atoms with van der Waals surface area (Å²) in [6, 6.07) is 0. The summed E-state index contributed by atoms with van der Waals surface area (Å²) in [7, 11) is 0. The van der Waals surface area contributed by atoms with Crippen LogP contribution in [0.25, 0.3) is 0 Å². The van der Waals surface area contributed by atoms with Crippen molar-refractivity contribution in [3.63, 3.8) is 0 Å². The second-order valence-corrected chi connectivity index (χ2v) is 4.73. The maximum Gasteiger partial charge on any atom is 0.115 e. The highest BCUT2D eigenvalue weighted by atomic mass is 14.8. The van der Waals surface area contributed by atoms with Crippen molar-refractivity contribution in [3.8, 4) is 0 Å². The SMILES string of the molecule is CC(C)c1cncnc1C(C)(C)C. The molecule has 0 aromatic carbocycles. The van der Waals surface area contributed by atoms with Crippen molar-refractivity contribution in [2.45, 2.75) is 46.0 Å². The molecule has 0 aliphatic carbocycles. The van der Waals surface area contributed by atoms with E-state index in [9.17, 15) is 0 Å². The molecule has 0 N–H and O–H groups in total. The zero-order valence-electron chi connectivity index (χ0n) is 9.13. The normalized spacial score (nSPS) is 12.2. The van der Waals surface area contributed by atoms with E-state index in [0.29, 0.717) is 5.92 Å². The fourth-order valence-electron chi connectivity index (χ4n) is 1.39. The van der Waals surface area contributed by atoms with E-state index >= 15 is 0 Å². The van der Waals surface area contributed by atoms with Crippen LogP contribution in [-0.4, -0.2) is 9.97 Å². The van der Waals surface area contributed by atoms with Crippen LogP contribution in [0.5, 0.6) is 0 Å². The van der Waals surface area contributed by atoms with Gasteiger partial charge in [0.1, 0.15) is 6.33 Å². The fourth-order valence-corrected chi connectivity index (χ4v) is 1.39. The Hall–Kier alpha value is -0.920. The number of hydrogen-bond acceptors (Lipinski definition) is 2. The van der Waals surface area contributed by atoms with E-state index in [1.807, 2.05) is 6.20 Å². The predicted molar refractivity (Wildman–Crippen MR) is 54.8 cm³/mol. The predicted octanol–water partition coefficient (Wildman–Crippen LogP) is 2.90. The molecule has 2 nitrogen and oxygen atoms in total. The van der Waals surface area contributed by atoms with Crippen LogP contribution in [0.15, 0.2) is 12.5 Å². The van der Waals surface area contributed by atoms with Gasteiger partial charge >= 0.3 is 0 Å². The third kappa shape index (κ3) is 2.27. The maximum atomic E-state index is 4.36. The molecule has 0 fully saturated rings. The van der Waals surface area contributed by atoms with Gasteiger partial charge in [-0.1, -0.05) is 34.6 Å². The summed E-state index contributed by atoms with van der Waals surface area (Å²) < 4.78 is 0. The van der Waals surface area contributed by atoms with Gasteiger partial charge < -0.3 is 0 Å². The highest BCUT2D eigenvalue weighted by molar-refractivity contribution is 5.25. The lowest BCUT2D eigenvalue weighted by Gasteiger charge is -2.22. The van der Waals surface area contributed by atoms with Gasteiger partial charge in [-0.25, -0.2) is 9.97 Å². The zero-order chi connectivity index (χ0) is 10.1. The van der Waals surface area contributed by atoms with Crippen LogP contribution in [-0.2, 0) is 5.41 Å². The third-order valence-corrected chi connectivity index (χ3v) is 2.07. The first-order valence-electron chi connectivity index (χ1n) is 4.73. The number of nitrogens with zero attached hydrogens (tertiary/aromatic N) is 2. The van der Waals surface area contributed by atoms with E-state index in [2.05, 4.69) is 44.6 Å². The minimum absolute atomic E-state index is 0.114. The molecule has 0 spiro atoms. The Morgan fingerprint density at radius 3 is 2.23 bits per heavy atom. The highest BCUT2D eigenvalue weighted by Crippen LogP contribution is 2.27. The highest BCUT2D eigenvalue weighted by Gasteiger charge is 2.20. The Bertz CT molecular complexity index is 284. The number of rotatable bonds is 1. The summed E-state index contributed by atoms with van der Waals surface area (Å²) in [6.45, 7) is 10.9. The zero-order valence-corrected chi connectivity index (χ0v) is 9.13. The molecule has 0 bridgehead atoms. The molecule has 0 amide bonds. The van der Waals surface area contributed by atoms with Gasteiger partial charge in [0.2, 0.25) is 0 Å². The molecular formula is C11H18N2. The molecule has 2 heteroatoms. The standard InChI is InChI=1S/C11H18N2/c1-8(2)9-6-12-7-13-10(9)11(3,4)5/h6-8H,1-5H3. The second-order valence-electron chi connectivity index (χ2n) is 4.73. The fraction of sp³-hybridized carbons (Fsp3) is 0.636. The lowest BCUT2D eigenvalue weighted by Crippen LogP contribution is -2.17. The minimum atomic E-state index is 0.114. The molecule has 0 unspecified atom stereocenters. The first kappa shape index (κ1) is 10.2. The molecule has 13 heavy (non-hydrogen) atoms. The van der Waals surface area contributed by atoms with Crippen molar-refractivity contribution < 1.29 is 0 Å². The van der Waals surface area contributed by atoms with Crippen LogP contribution in [0.2, 0.25) is 0 Å². The van der Waals surface area contributed by atoms with Crippen molar-refractivity contribution in [3.05, 3.63) is 23.8 Å². The Kier molecular flexibility index (Phi) is 2.69. The van der Waals surface area contributed by atoms with Gasteiger partial charge in [-0.05, 0) is 11.5 Å². The summed E-state index contributed by atoms with van der Waals surface area (Å²) in [4.78, 5) is 8.43. The molecule has 0 aliphatic heterocycles. The quantitative estimate of drug-likeness (QED) is 0.660. The van der Waals surface area contributed by atoms with Crippen molar-refractivity contribution in [1.29, 1.82) is 0 Å². The van der Waals surface area contributed by atoms with Crippen molar-refractivity contribution in [2.24, 2.45) is 0 Å². The summed E-state index contributed by atoms with van der Waals surface area (Å²) in [5.41, 5.74) is 2.54. The van der Waals surface area contributed by atoms with E-state index < -0.39 is 0 Å². The molecule has 1 aromatic rings. The van der Waals surface area contributed by atoms with Gasteiger partial charge in [0.15, 0.2) is 0 Å². The minimum Gasteiger partial charge on any atom is -0.245 e. The van der Waals surface area contributed by atoms with Crippen molar-refractivity contribution >= 4 is 0 Å². The lowest BCUT2D eigenvalue weighted by molar-refractivity contribution is 0.552. The number of hydrogen-bond donors (Lipinski definition) is 0. The molecule has 0 radical (unpaired) electrons. The van der Waals surface area contributed by atoms with Crippen LogP contribution in [0, 0.1) is 0 Å². The van der Waals surface area contributed by atoms with E-state index in [-0.39, 0.29) is 5.41 Å². The molecule has 1 heterocycles. The van der Waals surface area contributed by atoms with Gasteiger partial charge in [-0.15, -0.1) is 0 Å². The van der Waals surface area contributed by atoms with Gasteiger partial charge in [0.25, 0.3) is 0 Å². The van der Waals surface area contributed by atoms with E-state index in [4.69, 9.17) is 0 Å². The van der Waals surface area contributed by atoms with Gasteiger partial charge in [0, 0.05) is 11.6 Å². The Morgan fingerprint density at radius 2 is 1.85 bits per heavy atom. The molecule has 1 aromatic heterocycles. The maximum absolute atomic E-state index is 4.36. The smallest absolute Gasteiger partial charge is 0.115 e. The van der Waals surface area contributed by atoms with Crippen LogP contribution < -0.4 is 0 Å². The van der Waals surface area contributed by atoms with Gasteiger partial charge in [0.05, 0.1) is 5.69 Å². The van der Waals surface area contributed by atoms with E-state index in [1.165, 1.54) is 5.56 Å².